The molecule has 0 unspecified atom stereocenters. The molecule has 3 rings (SSSR count). The molecule has 0 bridgehead atoms. The van der Waals surface area contributed by atoms with E-state index in [4.69, 9.17) is 10.6 Å². The second-order valence-electron chi connectivity index (χ2n) is 8.51. The first kappa shape index (κ1) is 24.3. The van der Waals surface area contributed by atoms with Crippen molar-refractivity contribution in [2.75, 3.05) is 6.54 Å². The number of carbonyl (C=O) groups is 3. The number of nitrogens with one attached hydrogen (secondary N) is 1. The summed E-state index contributed by atoms with van der Waals surface area (Å²) in [6.07, 6.45) is 0.838. The SMILES string of the molecule is CC(C)NC(=O)[C@H](Cc1ccccc1)N(N)C(=O)[C@@H]1CCCN1C(=O)OCc1ccccc1. The number of hydrogen-bond donors (Lipinski definition) is 2. The third kappa shape index (κ3) is 6.55. The smallest absolute Gasteiger partial charge is 0.410 e. The standard InChI is InChI=1S/C25H32N4O4/c1-18(2)27-23(30)22(16-19-10-5-3-6-11-19)29(26)24(31)21-14-9-15-28(21)25(32)33-17-20-12-7-4-8-13-20/h3-8,10-13,18,21-22H,9,14-17,26H2,1-2H3,(H,27,30)/t21-,22-/m0/s1. The van der Waals surface area contributed by atoms with E-state index in [-0.39, 0.29) is 25.0 Å². The van der Waals surface area contributed by atoms with E-state index in [9.17, 15) is 14.4 Å². The summed E-state index contributed by atoms with van der Waals surface area (Å²) >= 11 is 0. The van der Waals surface area contributed by atoms with Gasteiger partial charge in [-0.2, -0.15) is 0 Å². The largest absolute Gasteiger partial charge is 0.445 e. The van der Waals surface area contributed by atoms with Gasteiger partial charge >= 0.3 is 6.09 Å². The topological polar surface area (TPSA) is 105 Å². The van der Waals surface area contributed by atoms with Crippen LogP contribution in [0.1, 0.15) is 37.8 Å². The highest BCUT2D eigenvalue weighted by molar-refractivity contribution is 5.91. The van der Waals surface area contributed by atoms with Crippen molar-refractivity contribution in [3.8, 4) is 0 Å². The average molecular weight is 453 g/mol. The first-order valence-electron chi connectivity index (χ1n) is 11.3. The highest BCUT2D eigenvalue weighted by atomic mass is 16.6. The summed E-state index contributed by atoms with van der Waals surface area (Å²) in [7, 11) is 0. The Labute approximate surface area is 194 Å². The number of amides is 3. The number of ether oxygens (including phenoxy) is 1. The molecule has 1 aliphatic heterocycles. The third-order valence-corrected chi connectivity index (χ3v) is 5.57. The predicted molar refractivity (Wildman–Crippen MR) is 125 cm³/mol. The highest BCUT2D eigenvalue weighted by Crippen LogP contribution is 2.22. The van der Waals surface area contributed by atoms with Gasteiger partial charge in [0.15, 0.2) is 0 Å². The Hall–Kier alpha value is -3.39. The predicted octanol–water partition coefficient (Wildman–Crippen LogP) is 2.63. The van der Waals surface area contributed by atoms with Crippen molar-refractivity contribution < 1.29 is 19.1 Å². The summed E-state index contributed by atoms with van der Waals surface area (Å²) in [5, 5.41) is 3.83. The van der Waals surface area contributed by atoms with Crippen molar-refractivity contribution in [1.82, 2.24) is 15.2 Å². The second-order valence-corrected chi connectivity index (χ2v) is 8.51. The van der Waals surface area contributed by atoms with Crippen molar-refractivity contribution in [2.45, 2.75) is 57.8 Å². The van der Waals surface area contributed by atoms with Crippen molar-refractivity contribution >= 4 is 17.9 Å². The number of likely N-dealkylation sites (tertiary alicyclic amines) is 1. The van der Waals surface area contributed by atoms with Gasteiger partial charge in [0.05, 0.1) is 0 Å². The zero-order valence-corrected chi connectivity index (χ0v) is 19.1. The quantitative estimate of drug-likeness (QED) is 0.364. The zero-order chi connectivity index (χ0) is 23.8. The van der Waals surface area contributed by atoms with Crippen molar-refractivity contribution in [3.63, 3.8) is 0 Å². The number of benzene rings is 2. The third-order valence-electron chi connectivity index (χ3n) is 5.57. The summed E-state index contributed by atoms with van der Waals surface area (Å²) < 4.78 is 5.42. The molecule has 8 nitrogen and oxygen atoms in total. The van der Waals surface area contributed by atoms with E-state index in [1.807, 2.05) is 74.5 Å². The number of nitrogens with zero attached hydrogens (tertiary/aromatic N) is 2. The minimum Gasteiger partial charge on any atom is -0.445 e. The number of nitrogens with two attached hydrogens (primary N) is 1. The van der Waals surface area contributed by atoms with Crippen LogP contribution in [0.15, 0.2) is 60.7 Å². The fraction of sp³-hybridized carbons (Fsp3) is 0.400. The molecular weight excluding hydrogens is 420 g/mol. The Morgan fingerprint density at radius 2 is 1.67 bits per heavy atom. The summed E-state index contributed by atoms with van der Waals surface area (Å²) in [5.41, 5.74) is 1.75. The molecule has 8 heteroatoms. The van der Waals surface area contributed by atoms with Crippen molar-refractivity contribution in [1.29, 1.82) is 0 Å². The molecule has 2 aromatic rings. The highest BCUT2D eigenvalue weighted by Gasteiger charge is 2.40. The van der Waals surface area contributed by atoms with Gasteiger partial charge in [-0.05, 0) is 37.8 Å². The molecule has 2 atom stereocenters. The Bertz CT molecular complexity index is 936. The van der Waals surface area contributed by atoms with Crippen molar-refractivity contribution in [3.05, 3.63) is 71.8 Å². The Kier molecular flexibility index (Phi) is 8.43. The summed E-state index contributed by atoms with van der Waals surface area (Å²) in [5.74, 6) is 5.44. The fourth-order valence-corrected chi connectivity index (χ4v) is 3.91. The maximum Gasteiger partial charge on any atom is 0.410 e. The molecule has 0 aliphatic carbocycles. The zero-order valence-electron chi connectivity index (χ0n) is 19.1. The molecule has 3 amide bonds. The molecule has 0 saturated carbocycles. The van der Waals surface area contributed by atoms with Crippen LogP contribution in [0.4, 0.5) is 4.79 Å². The lowest BCUT2D eigenvalue weighted by Crippen LogP contribution is -2.59. The molecule has 1 heterocycles. The van der Waals surface area contributed by atoms with Crippen LogP contribution >= 0.6 is 0 Å². The van der Waals surface area contributed by atoms with Crippen LogP contribution in [0.5, 0.6) is 0 Å². The van der Waals surface area contributed by atoms with E-state index in [1.54, 1.807) is 0 Å². The van der Waals surface area contributed by atoms with Gasteiger partial charge in [0.25, 0.3) is 5.91 Å². The summed E-state index contributed by atoms with van der Waals surface area (Å²) in [6.45, 7) is 4.22. The monoisotopic (exact) mass is 452 g/mol. The van der Waals surface area contributed by atoms with E-state index in [1.165, 1.54) is 4.90 Å². The molecule has 2 aromatic carbocycles. The molecule has 0 radical (unpaired) electrons. The normalized spacial score (nSPS) is 16.4. The summed E-state index contributed by atoms with van der Waals surface area (Å²) in [4.78, 5) is 40.3. The van der Waals surface area contributed by atoms with Crippen LogP contribution in [0.25, 0.3) is 0 Å². The van der Waals surface area contributed by atoms with E-state index >= 15 is 0 Å². The van der Waals surface area contributed by atoms with Gasteiger partial charge in [-0.1, -0.05) is 60.7 Å². The minimum atomic E-state index is -0.898. The molecule has 176 valence electrons. The number of hydrogen-bond acceptors (Lipinski definition) is 5. The molecule has 3 N–H and O–H groups in total. The molecule has 1 aliphatic rings. The number of rotatable bonds is 8. The molecule has 0 aromatic heterocycles. The van der Waals surface area contributed by atoms with Crippen LogP contribution in [0.2, 0.25) is 0 Å². The van der Waals surface area contributed by atoms with Crippen LogP contribution in [0, 0.1) is 0 Å². The van der Waals surface area contributed by atoms with Crippen molar-refractivity contribution in [2.24, 2.45) is 5.84 Å². The number of carbonyl (C=O) groups excluding carboxylic acids is 3. The van der Waals surface area contributed by atoms with E-state index < -0.39 is 24.1 Å². The Morgan fingerprint density at radius 3 is 2.27 bits per heavy atom. The van der Waals surface area contributed by atoms with Gasteiger partial charge in [0.1, 0.15) is 18.7 Å². The Morgan fingerprint density at radius 1 is 1.06 bits per heavy atom. The van der Waals surface area contributed by atoms with Gasteiger partial charge in [-0.3, -0.25) is 19.5 Å². The van der Waals surface area contributed by atoms with Gasteiger partial charge in [0.2, 0.25) is 5.91 Å². The van der Waals surface area contributed by atoms with Gasteiger partial charge in [0, 0.05) is 19.0 Å². The van der Waals surface area contributed by atoms with E-state index in [0.717, 1.165) is 16.1 Å². The lowest BCUT2D eigenvalue weighted by molar-refractivity contribution is -0.144. The number of hydrazine groups is 1. The molecule has 0 spiro atoms. The minimum absolute atomic E-state index is 0.102. The lowest BCUT2D eigenvalue weighted by Gasteiger charge is -2.32. The molecular formula is C25H32N4O4. The van der Waals surface area contributed by atoms with Gasteiger partial charge in [-0.25, -0.2) is 10.6 Å². The molecule has 1 saturated heterocycles. The van der Waals surface area contributed by atoms with Crippen LogP contribution in [-0.4, -0.2) is 52.5 Å². The molecule has 1 fully saturated rings. The average Bonchev–Trinajstić information content (AvgIpc) is 3.31. The fourth-order valence-electron chi connectivity index (χ4n) is 3.91. The first-order valence-corrected chi connectivity index (χ1v) is 11.3. The second kappa shape index (κ2) is 11.5. The maximum atomic E-state index is 13.3. The van der Waals surface area contributed by atoms with Crippen LogP contribution in [-0.2, 0) is 27.4 Å². The first-order chi connectivity index (χ1) is 15.9. The van der Waals surface area contributed by atoms with E-state index in [0.29, 0.717) is 19.4 Å². The maximum absolute atomic E-state index is 13.3. The Balaban J connectivity index is 1.70. The molecule has 33 heavy (non-hydrogen) atoms. The van der Waals surface area contributed by atoms with E-state index in [2.05, 4.69) is 5.32 Å². The van der Waals surface area contributed by atoms with Gasteiger partial charge < -0.3 is 10.1 Å². The lowest BCUT2D eigenvalue weighted by atomic mass is 10.0. The van der Waals surface area contributed by atoms with Crippen LogP contribution in [0.3, 0.4) is 0 Å². The summed E-state index contributed by atoms with van der Waals surface area (Å²) in [6, 6.07) is 17.0. The van der Waals surface area contributed by atoms with Crippen LogP contribution < -0.4 is 11.2 Å². The van der Waals surface area contributed by atoms with Gasteiger partial charge in [-0.15, -0.1) is 0 Å².